The zero-order valence-electron chi connectivity index (χ0n) is 14.2. The summed E-state index contributed by atoms with van der Waals surface area (Å²) in [6.45, 7) is 1.43. The number of hydrogen-bond acceptors (Lipinski definition) is 5. The van der Waals surface area contributed by atoms with E-state index < -0.39 is 10.0 Å². The second kappa shape index (κ2) is 7.85. The molecule has 8 heteroatoms. The Bertz CT molecular complexity index is 667. The highest BCUT2D eigenvalue weighted by Gasteiger charge is 2.26. The van der Waals surface area contributed by atoms with Gasteiger partial charge in [0, 0.05) is 31.3 Å². The van der Waals surface area contributed by atoms with E-state index >= 15 is 0 Å². The van der Waals surface area contributed by atoms with Gasteiger partial charge in [0.05, 0.1) is 20.5 Å². The molecule has 0 aromatic heterocycles. The normalized spacial score (nSPS) is 18.9. The van der Waals surface area contributed by atoms with Gasteiger partial charge in [-0.2, -0.15) is 0 Å². The molecule has 1 aliphatic heterocycles. The number of amides is 1. The summed E-state index contributed by atoms with van der Waals surface area (Å²) in [4.78, 5) is 12.3. The van der Waals surface area contributed by atoms with Gasteiger partial charge in [-0.3, -0.25) is 4.79 Å². The number of carbonyl (C=O) groups is 1. The Hall–Kier alpha value is -1.80. The molecule has 2 rings (SSSR count). The molecule has 1 amide bonds. The summed E-state index contributed by atoms with van der Waals surface area (Å²) < 4.78 is 35.1. The first kappa shape index (κ1) is 18.5. The number of ether oxygens (including phenoxy) is 2. The molecule has 134 valence electrons. The quantitative estimate of drug-likeness (QED) is 0.825. The van der Waals surface area contributed by atoms with Crippen LogP contribution < -0.4 is 14.8 Å². The molecule has 7 nitrogen and oxygen atoms in total. The lowest BCUT2D eigenvalue weighted by Crippen LogP contribution is -2.43. The lowest BCUT2D eigenvalue weighted by atomic mass is 9.99. The first-order valence-electron chi connectivity index (χ1n) is 7.80. The zero-order chi connectivity index (χ0) is 17.7. The Labute approximate surface area is 143 Å². The van der Waals surface area contributed by atoms with Crippen LogP contribution in [0, 0.1) is 5.92 Å². The molecule has 1 saturated heterocycles. The molecule has 0 saturated carbocycles. The van der Waals surface area contributed by atoms with Crippen LogP contribution in [0.5, 0.6) is 11.5 Å². The molecular weight excluding hydrogens is 332 g/mol. The first-order valence-corrected chi connectivity index (χ1v) is 9.64. The molecular formula is C16H24N2O5S. The maximum atomic E-state index is 12.3. The van der Waals surface area contributed by atoms with E-state index in [0.29, 0.717) is 36.7 Å². The Morgan fingerprint density at radius 3 is 2.42 bits per heavy atom. The van der Waals surface area contributed by atoms with Gasteiger partial charge in [0.1, 0.15) is 11.5 Å². The second-order valence-corrected chi connectivity index (χ2v) is 7.92. The number of hydrogen-bond donors (Lipinski definition) is 1. The molecule has 0 radical (unpaired) electrons. The third-order valence-corrected chi connectivity index (χ3v) is 5.39. The molecule has 1 unspecified atom stereocenters. The molecule has 1 aromatic rings. The van der Waals surface area contributed by atoms with Crippen LogP contribution in [0.1, 0.15) is 23.2 Å². The van der Waals surface area contributed by atoms with Gasteiger partial charge < -0.3 is 14.8 Å². The maximum absolute atomic E-state index is 12.3. The smallest absolute Gasteiger partial charge is 0.251 e. The van der Waals surface area contributed by atoms with E-state index in [1.165, 1.54) is 24.8 Å². The number of benzene rings is 1. The van der Waals surface area contributed by atoms with E-state index in [-0.39, 0.29) is 11.8 Å². The van der Waals surface area contributed by atoms with Gasteiger partial charge in [0.25, 0.3) is 5.91 Å². The molecule has 0 spiro atoms. The third kappa shape index (κ3) is 4.85. The standard InChI is InChI=1S/C16H24N2O5S/c1-22-14-7-13(8-15(9-14)23-2)16(19)17-10-12-5-4-6-18(11-12)24(3,20)21/h7-9,12H,4-6,10-11H2,1-3H3,(H,17,19). The van der Waals surface area contributed by atoms with E-state index in [1.54, 1.807) is 18.2 Å². The SMILES string of the molecule is COc1cc(OC)cc(C(=O)NCC2CCCN(S(C)(=O)=O)C2)c1. The van der Waals surface area contributed by atoms with Crippen molar-refractivity contribution in [2.24, 2.45) is 5.92 Å². The molecule has 1 atom stereocenters. The van der Waals surface area contributed by atoms with Crippen molar-refractivity contribution >= 4 is 15.9 Å². The zero-order valence-corrected chi connectivity index (χ0v) is 15.1. The summed E-state index contributed by atoms with van der Waals surface area (Å²) in [6.07, 6.45) is 2.92. The van der Waals surface area contributed by atoms with Crippen molar-refractivity contribution in [2.45, 2.75) is 12.8 Å². The maximum Gasteiger partial charge on any atom is 0.251 e. The van der Waals surface area contributed by atoms with E-state index in [1.807, 2.05) is 0 Å². The molecule has 1 aliphatic rings. The Morgan fingerprint density at radius 2 is 1.88 bits per heavy atom. The van der Waals surface area contributed by atoms with Crippen LogP contribution in [0.15, 0.2) is 18.2 Å². The fourth-order valence-corrected chi connectivity index (χ4v) is 3.71. The molecule has 0 bridgehead atoms. The Kier molecular flexibility index (Phi) is 6.06. The number of carbonyl (C=O) groups excluding carboxylic acids is 1. The predicted octanol–water partition coefficient (Wildman–Crippen LogP) is 1.11. The van der Waals surface area contributed by atoms with Crippen LogP contribution >= 0.6 is 0 Å². The fourth-order valence-electron chi connectivity index (χ4n) is 2.77. The monoisotopic (exact) mass is 356 g/mol. The summed E-state index contributed by atoms with van der Waals surface area (Å²) in [5.74, 6) is 0.967. The Morgan fingerprint density at radius 1 is 1.25 bits per heavy atom. The molecule has 1 N–H and O–H groups in total. The highest BCUT2D eigenvalue weighted by atomic mass is 32.2. The van der Waals surface area contributed by atoms with E-state index in [0.717, 1.165) is 12.8 Å². The second-order valence-electron chi connectivity index (χ2n) is 5.94. The lowest BCUT2D eigenvalue weighted by molar-refractivity contribution is 0.0941. The number of nitrogens with zero attached hydrogens (tertiary/aromatic N) is 1. The summed E-state index contributed by atoms with van der Waals surface area (Å²) in [6, 6.07) is 4.98. The van der Waals surface area contributed by atoms with Crippen LogP contribution in [-0.4, -0.2) is 58.7 Å². The molecule has 1 aromatic carbocycles. The first-order chi connectivity index (χ1) is 11.3. The summed E-state index contributed by atoms with van der Waals surface area (Å²) in [5.41, 5.74) is 0.446. The van der Waals surface area contributed by atoms with Gasteiger partial charge in [0.15, 0.2) is 0 Å². The van der Waals surface area contributed by atoms with Gasteiger partial charge in [0.2, 0.25) is 10.0 Å². The van der Waals surface area contributed by atoms with Gasteiger partial charge in [-0.05, 0) is 30.9 Å². The van der Waals surface area contributed by atoms with Crippen molar-refractivity contribution < 1.29 is 22.7 Å². The summed E-state index contributed by atoms with van der Waals surface area (Å²) in [5, 5.41) is 2.87. The minimum absolute atomic E-state index is 0.116. The minimum atomic E-state index is -3.18. The van der Waals surface area contributed by atoms with Crippen molar-refractivity contribution in [1.82, 2.24) is 9.62 Å². The number of rotatable bonds is 6. The summed E-state index contributed by atoms with van der Waals surface area (Å²) in [7, 11) is -0.128. The van der Waals surface area contributed by atoms with Crippen molar-refractivity contribution in [1.29, 1.82) is 0 Å². The largest absolute Gasteiger partial charge is 0.497 e. The Balaban J connectivity index is 1.98. The molecule has 24 heavy (non-hydrogen) atoms. The molecule has 1 fully saturated rings. The fraction of sp³-hybridized carbons (Fsp3) is 0.562. The third-order valence-electron chi connectivity index (χ3n) is 4.12. The van der Waals surface area contributed by atoms with Crippen LogP contribution in [0.25, 0.3) is 0 Å². The topological polar surface area (TPSA) is 84.9 Å². The van der Waals surface area contributed by atoms with Gasteiger partial charge in [-0.1, -0.05) is 0 Å². The van der Waals surface area contributed by atoms with Gasteiger partial charge in [-0.25, -0.2) is 12.7 Å². The number of methoxy groups -OCH3 is 2. The van der Waals surface area contributed by atoms with E-state index in [2.05, 4.69) is 5.32 Å². The number of sulfonamides is 1. The van der Waals surface area contributed by atoms with Crippen molar-refractivity contribution in [2.75, 3.05) is 40.1 Å². The highest BCUT2D eigenvalue weighted by molar-refractivity contribution is 7.88. The summed E-state index contributed by atoms with van der Waals surface area (Å²) >= 11 is 0. The van der Waals surface area contributed by atoms with Crippen LogP contribution in [-0.2, 0) is 10.0 Å². The lowest BCUT2D eigenvalue weighted by Gasteiger charge is -2.31. The predicted molar refractivity (Wildman–Crippen MR) is 91.0 cm³/mol. The van der Waals surface area contributed by atoms with Gasteiger partial charge >= 0.3 is 0 Å². The van der Waals surface area contributed by atoms with Gasteiger partial charge in [-0.15, -0.1) is 0 Å². The highest BCUT2D eigenvalue weighted by Crippen LogP contribution is 2.23. The van der Waals surface area contributed by atoms with Crippen molar-refractivity contribution in [3.8, 4) is 11.5 Å². The molecule has 1 heterocycles. The average molecular weight is 356 g/mol. The van der Waals surface area contributed by atoms with Crippen LogP contribution in [0.4, 0.5) is 0 Å². The number of nitrogens with one attached hydrogen (secondary N) is 1. The average Bonchev–Trinajstić information content (AvgIpc) is 2.58. The van der Waals surface area contributed by atoms with Crippen LogP contribution in [0.2, 0.25) is 0 Å². The van der Waals surface area contributed by atoms with Crippen molar-refractivity contribution in [3.63, 3.8) is 0 Å². The van der Waals surface area contributed by atoms with Crippen molar-refractivity contribution in [3.05, 3.63) is 23.8 Å². The number of piperidine rings is 1. The van der Waals surface area contributed by atoms with Crippen LogP contribution in [0.3, 0.4) is 0 Å². The van der Waals surface area contributed by atoms with E-state index in [4.69, 9.17) is 9.47 Å². The van der Waals surface area contributed by atoms with E-state index in [9.17, 15) is 13.2 Å². The minimum Gasteiger partial charge on any atom is -0.497 e. The molecule has 0 aliphatic carbocycles.